The summed E-state index contributed by atoms with van der Waals surface area (Å²) in [6.07, 6.45) is 0.414. The van der Waals surface area contributed by atoms with Gasteiger partial charge >= 0.3 is 0 Å². The van der Waals surface area contributed by atoms with Crippen LogP contribution in [0.4, 0.5) is 5.69 Å². The van der Waals surface area contributed by atoms with E-state index in [1.165, 1.54) is 0 Å². The van der Waals surface area contributed by atoms with Crippen molar-refractivity contribution < 1.29 is 4.79 Å². The van der Waals surface area contributed by atoms with E-state index in [9.17, 15) is 4.79 Å². The monoisotopic (exact) mass is 303 g/mol. The summed E-state index contributed by atoms with van der Waals surface area (Å²) in [6.45, 7) is 2.04. The van der Waals surface area contributed by atoms with Gasteiger partial charge in [0.15, 0.2) is 0 Å². The molecule has 0 saturated carbocycles. The van der Waals surface area contributed by atoms with Crippen molar-refractivity contribution >= 4 is 34.8 Å². The van der Waals surface area contributed by atoms with Crippen LogP contribution in [-0.2, 0) is 4.79 Å². The Morgan fingerprint density at radius 1 is 1.16 bits per heavy atom. The lowest BCUT2D eigenvalue weighted by atomic mass is 10.3. The van der Waals surface area contributed by atoms with Gasteiger partial charge in [0.1, 0.15) is 0 Å². The fourth-order valence-electron chi connectivity index (χ4n) is 1.48. The quantitative estimate of drug-likeness (QED) is 0.813. The lowest BCUT2D eigenvalue weighted by molar-refractivity contribution is -0.120. The van der Waals surface area contributed by atoms with E-state index in [-0.39, 0.29) is 5.91 Å². The summed E-state index contributed by atoms with van der Waals surface area (Å²) < 4.78 is 0. The summed E-state index contributed by atoms with van der Waals surface area (Å²) in [6, 6.07) is 5.22. The number of carbonyl (C=O) groups is 1. The molecule has 106 valence electrons. The first-order chi connectivity index (χ1) is 8.97. The summed E-state index contributed by atoms with van der Waals surface area (Å²) in [5, 5.41) is 7.12. The molecule has 0 saturated heterocycles. The average molecular weight is 304 g/mol. The highest BCUT2D eigenvalue weighted by atomic mass is 35.5. The molecule has 0 radical (unpaired) electrons. The number of rotatable bonds is 7. The van der Waals surface area contributed by atoms with Gasteiger partial charge in [-0.25, -0.2) is 0 Å². The molecule has 0 bridgehead atoms. The van der Waals surface area contributed by atoms with Gasteiger partial charge in [-0.05, 0) is 32.3 Å². The number of carbonyl (C=O) groups excluding carboxylic acids is 1. The van der Waals surface area contributed by atoms with Crippen LogP contribution in [0.1, 0.15) is 6.42 Å². The molecule has 1 rings (SSSR count). The second kappa shape index (κ2) is 8.25. The van der Waals surface area contributed by atoms with Gasteiger partial charge in [-0.15, -0.1) is 0 Å². The second-order valence-corrected chi connectivity index (χ2v) is 5.36. The van der Waals surface area contributed by atoms with Crippen molar-refractivity contribution in [3.63, 3.8) is 0 Å². The van der Waals surface area contributed by atoms with Gasteiger partial charge in [-0.1, -0.05) is 23.2 Å². The zero-order chi connectivity index (χ0) is 14.3. The third-order valence-electron chi connectivity index (χ3n) is 2.42. The van der Waals surface area contributed by atoms with Gasteiger partial charge in [0.25, 0.3) is 0 Å². The number of benzene rings is 1. The number of nitrogens with zero attached hydrogens (tertiary/aromatic N) is 1. The molecule has 1 amide bonds. The number of anilines is 1. The van der Waals surface area contributed by atoms with Gasteiger partial charge < -0.3 is 15.5 Å². The molecule has 0 unspecified atom stereocenters. The fourth-order valence-corrected chi connectivity index (χ4v) is 2.01. The van der Waals surface area contributed by atoms with Gasteiger partial charge in [0, 0.05) is 41.8 Å². The Bertz CT molecular complexity index is 404. The number of halogens is 2. The van der Waals surface area contributed by atoms with Crippen molar-refractivity contribution in [3.8, 4) is 0 Å². The third-order valence-corrected chi connectivity index (χ3v) is 2.86. The average Bonchev–Trinajstić information content (AvgIpc) is 2.27. The van der Waals surface area contributed by atoms with Gasteiger partial charge in [-0.3, -0.25) is 4.79 Å². The predicted molar refractivity (Wildman–Crippen MR) is 81.1 cm³/mol. The second-order valence-electron chi connectivity index (χ2n) is 4.49. The molecule has 0 aliphatic carbocycles. The lowest BCUT2D eigenvalue weighted by Crippen LogP contribution is -2.32. The molecule has 1 aromatic rings. The molecular formula is C13H19Cl2N3O. The van der Waals surface area contributed by atoms with Crippen LogP contribution in [0, 0.1) is 0 Å². The maximum Gasteiger partial charge on any atom is 0.221 e. The van der Waals surface area contributed by atoms with Crippen molar-refractivity contribution in [2.75, 3.05) is 39.0 Å². The fraction of sp³-hybridized carbons (Fsp3) is 0.462. The first-order valence-corrected chi connectivity index (χ1v) is 6.84. The molecule has 2 N–H and O–H groups in total. The molecule has 0 aliphatic heterocycles. The summed E-state index contributed by atoms with van der Waals surface area (Å²) in [5.41, 5.74) is 0.818. The van der Waals surface area contributed by atoms with Crippen LogP contribution in [0.2, 0.25) is 10.0 Å². The molecule has 0 aliphatic rings. The number of nitrogens with one attached hydrogen (secondary N) is 2. The minimum absolute atomic E-state index is 0.0301. The van der Waals surface area contributed by atoms with Crippen molar-refractivity contribution in [1.82, 2.24) is 10.2 Å². The van der Waals surface area contributed by atoms with Crippen LogP contribution in [0.5, 0.6) is 0 Å². The largest absolute Gasteiger partial charge is 0.384 e. The van der Waals surface area contributed by atoms with Crippen LogP contribution < -0.4 is 10.6 Å². The molecule has 0 aromatic heterocycles. The summed E-state index contributed by atoms with van der Waals surface area (Å²) in [7, 11) is 3.94. The van der Waals surface area contributed by atoms with Gasteiger partial charge in [0.2, 0.25) is 5.91 Å². The highest BCUT2D eigenvalue weighted by Crippen LogP contribution is 2.22. The van der Waals surface area contributed by atoms with E-state index in [0.29, 0.717) is 29.6 Å². The number of likely N-dealkylation sites (N-methyl/N-ethyl adjacent to an activating group) is 1. The van der Waals surface area contributed by atoms with E-state index >= 15 is 0 Å². The Kier molecular flexibility index (Phi) is 6.99. The van der Waals surface area contributed by atoms with E-state index in [0.717, 1.165) is 12.2 Å². The van der Waals surface area contributed by atoms with Crippen LogP contribution in [-0.4, -0.2) is 44.5 Å². The van der Waals surface area contributed by atoms with Gasteiger partial charge in [-0.2, -0.15) is 0 Å². The van der Waals surface area contributed by atoms with Crippen molar-refractivity contribution in [2.45, 2.75) is 6.42 Å². The molecule has 0 heterocycles. The van der Waals surface area contributed by atoms with Crippen LogP contribution in [0.15, 0.2) is 18.2 Å². The number of hydrogen-bond donors (Lipinski definition) is 2. The smallest absolute Gasteiger partial charge is 0.221 e. The van der Waals surface area contributed by atoms with Crippen LogP contribution in [0.25, 0.3) is 0 Å². The summed E-state index contributed by atoms with van der Waals surface area (Å²) in [4.78, 5) is 13.5. The Labute approximate surface area is 124 Å². The first kappa shape index (κ1) is 16.1. The molecule has 19 heavy (non-hydrogen) atoms. The highest BCUT2D eigenvalue weighted by molar-refractivity contribution is 6.35. The molecule has 0 spiro atoms. The Hall–Kier alpha value is -0.970. The normalized spacial score (nSPS) is 10.6. The van der Waals surface area contributed by atoms with Gasteiger partial charge in [0.05, 0.1) is 0 Å². The minimum Gasteiger partial charge on any atom is -0.384 e. The van der Waals surface area contributed by atoms with E-state index < -0.39 is 0 Å². The molecular weight excluding hydrogens is 285 g/mol. The van der Waals surface area contributed by atoms with Crippen molar-refractivity contribution in [3.05, 3.63) is 28.2 Å². The van der Waals surface area contributed by atoms with Crippen LogP contribution >= 0.6 is 23.2 Å². The summed E-state index contributed by atoms with van der Waals surface area (Å²) >= 11 is 11.8. The Morgan fingerprint density at radius 2 is 1.79 bits per heavy atom. The highest BCUT2D eigenvalue weighted by Gasteiger charge is 2.02. The zero-order valence-corrected chi connectivity index (χ0v) is 12.7. The molecule has 1 aromatic carbocycles. The maximum absolute atomic E-state index is 11.5. The van der Waals surface area contributed by atoms with E-state index in [1.807, 2.05) is 19.0 Å². The number of amides is 1. The van der Waals surface area contributed by atoms with E-state index in [2.05, 4.69) is 10.6 Å². The molecule has 0 fully saturated rings. The molecule has 6 heteroatoms. The van der Waals surface area contributed by atoms with Crippen molar-refractivity contribution in [2.24, 2.45) is 0 Å². The Balaban J connectivity index is 2.24. The number of hydrogen-bond acceptors (Lipinski definition) is 3. The zero-order valence-electron chi connectivity index (χ0n) is 11.2. The molecule has 4 nitrogen and oxygen atoms in total. The topological polar surface area (TPSA) is 44.4 Å². The van der Waals surface area contributed by atoms with E-state index in [4.69, 9.17) is 23.2 Å². The SMILES string of the molecule is CN(C)CCNC(=O)CCNc1cc(Cl)cc(Cl)c1. The predicted octanol–water partition coefficient (Wildman–Crippen LogP) is 2.47. The lowest BCUT2D eigenvalue weighted by Gasteiger charge is -2.11. The standard InChI is InChI=1S/C13H19Cl2N3O/c1-18(2)6-5-17-13(19)3-4-16-12-8-10(14)7-11(15)9-12/h7-9,16H,3-6H2,1-2H3,(H,17,19). The van der Waals surface area contributed by atoms with Crippen molar-refractivity contribution in [1.29, 1.82) is 0 Å². The minimum atomic E-state index is 0.0301. The first-order valence-electron chi connectivity index (χ1n) is 6.09. The third kappa shape index (κ3) is 7.25. The Morgan fingerprint density at radius 3 is 2.37 bits per heavy atom. The van der Waals surface area contributed by atoms with E-state index in [1.54, 1.807) is 18.2 Å². The summed E-state index contributed by atoms with van der Waals surface area (Å²) in [5.74, 6) is 0.0301. The van der Waals surface area contributed by atoms with Crippen LogP contribution in [0.3, 0.4) is 0 Å². The molecule has 0 atom stereocenters. The maximum atomic E-state index is 11.5.